The Hall–Kier alpha value is -1.81. The molecule has 0 unspecified atom stereocenters. The number of hydrogen-bond donors (Lipinski definition) is 1. The molecule has 0 saturated carbocycles. The minimum atomic E-state index is 0.174. The third kappa shape index (κ3) is 3.50. The van der Waals surface area contributed by atoms with Gasteiger partial charge in [0.2, 0.25) is 0 Å². The van der Waals surface area contributed by atoms with Crippen LogP contribution in [-0.2, 0) is 11.2 Å². The summed E-state index contributed by atoms with van der Waals surface area (Å²) in [5, 5.41) is 7.20. The molecular weight excluding hydrogens is 276 g/mol. The van der Waals surface area contributed by atoms with Crippen molar-refractivity contribution in [2.45, 2.75) is 45.6 Å². The molecule has 4 heteroatoms. The van der Waals surface area contributed by atoms with E-state index in [-0.39, 0.29) is 6.10 Å². The molecule has 0 spiro atoms. The van der Waals surface area contributed by atoms with Crippen molar-refractivity contribution >= 4 is 0 Å². The number of rotatable bonds is 6. The van der Waals surface area contributed by atoms with Gasteiger partial charge in [-0.25, -0.2) is 0 Å². The number of ether oxygens (including phenoxy) is 2. The highest BCUT2D eigenvalue weighted by molar-refractivity contribution is 5.33. The molecule has 0 radical (unpaired) electrons. The lowest BCUT2D eigenvalue weighted by Gasteiger charge is -2.22. The Morgan fingerprint density at radius 2 is 2.14 bits per heavy atom. The quantitative estimate of drug-likeness (QED) is 0.823. The summed E-state index contributed by atoms with van der Waals surface area (Å²) in [6, 6.07) is 6.22. The van der Waals surface area contributed by atoms with Crippen molar-refractivity contribution in [3.63, 3.8) is 0 Å². The van der Waals surface area contributed by atoms with Crippen molar-refractivity contribution in [1.29, 1.82) is 0 Å². The molecule has 0 saturated heterocycles. The standard InChI is InChI=1S/C18H24N2O2/c1-13-7-8-16(11-14(13)2)21-9-4-10-22-17-6-3-5-15-12-19-20-18(15)17/h7-8,11-12,17H,3-6,9-10H2,1-2H3,(H,19,20)/t17-/m1/s1. The molecule has 1 aliphatic rings. The summed E-state index contributed by atoms with van der Waals surface area (Å²) in [7, 11) is 0. The second-order valence-electron chi connectivity index (χ2n) is 6.01. The second-order valence-corrected chi connectivity index (χ2v) is 6.01. The van der Waals surface area contributed by atoms with Crippen molar-refractivity contribution in [2.75, 3.05) is 13.2 Å². The normalized spacial score (nSPS) is 17.3. The largest absolute Gasteiger partial charge is 0.493 e. The molecule has 0 fully saturated rings. The molecule has 1 aromatic heterocycles. The van der Waals surface area contributed by atoms with Gasteiger partial charge >= 0.3 is 0 Å². The van der Waals surface area contributed by atoms with Crippen LogP contribution in [0.3, 0.4) is 0 Å². The van der Waals surface area contributed by atoms with Crippen LogP contribution in [0.5, 0.6) is 5.75 Å². The van der Waals surface area contributed by atoms with E-state index >= 15 is 0 Å². The fraction of sp³-hybridized carbons (Fsp3) is 0.500. The Bertz CT molecular complexity index is 621. The summed E-state index contributed by atoms with van der Waals surface area (Å²) < 4.78 is 11.8. The smallest absolute Gasteiger partial charge is 0.119 e. The first kappa shape index (κ1) is 15.1. The van der Waals surface area contributed by atoms with E-state index in [0.29, 0.717) is 13.2 Å². The molecule has 1 N–H and O–H groups in total. The van der Waals surface area contributed by atoms with Crippen molar-refractivity contribution in [1.82, 2.24) is 10.2 Å². The van der Waals surface area contributed by atoms with Gasteiger partial charge in [-0.15, -0.1) is 0 Å². The Kier molecular flexibility index (Phi) is 4.78. The van der Waals surface area contributed by atoms with Crippen LogP contribution in [0, 0.1) is 13.8 Å². The molecule has 1 aromatic carbocycles. The van der Waals surface area contributed by atoms with Crippen LogP contribution in [0.15, 0.2) is 24.4 Å². The lowest BCUT2D eigenvalue weighted by atomic mass is 9.96. The molecule has 0 bridgehead atoms. The van der Waals surface area contributed by atoms with Gasteiger partial charge in [0.1, 0.15) is 5.75 Å². The van der Waals surface area contributed by atoms with E-state index in [1.54, 1.807) is 0 Å². The number of aromatic amines is 1. The van der Waals surface area contributed by atoms with E-state index in [1.807, 2.05) is 12.3 Å². The van der Waals surface area contributed by atoms with Crippen molar-refractivity contribution in [3.05, 3.63) is 46.8 Å². The summed E-state index contributed by atoms with van der Waals surface area (Å²) in [4.78, 5) is 0. The van der Waals surface area contributed by atoms with Crippen LogP contribution >= 0.6 is 0 Å². The topological polar surface area (TPSA) is 47.1 Å². The average molecular weight is 300 g/mol. The third-order valence-electron chi connectivity index (χ3n) is 4.34. The van der Waals surface area contributed by atoms with Gasteiger partial charge < -0.3 is 9.47 Å². The molecule has 1 heterocycles. The summed E-state index contributed by atoms with van der Waals surface area (Å²) in [5.41, 5.74) is 5.04. The Morgan fingerprint density at radius 1 is 1.23 bits per heavy atom. The zero-order valence-corrected chi connectivity index (χ0v) is 13.4. The summed E-state index contributed by atoms with van der Waals surface area (Å²) in [6.07, 6.45) is 6.36. The molecule has 1 aliphatic carbocycles. The predicted molar refractivity (Wildman–Crippen MR) is 86.2 cm³/mol. The minimum absolute atomic E-state index is 0.174. The molecular formula is C18H24N2O2. The lowest BCUT2D eigenvalue weighted by molar-refractivity contribution is 0.0312. The number of H-pyrrole nitrogens is 1. The number of aromatic nitrogens is 2. The van der Waals surface area contributed by atoms with E-state index < -0.39 is 0 Å². The van der Waals surface area contributed by atoms with Gasteiger partial charge in [0, 0.05) is 6.42 Å². The van der Waals surface area contributed by atoms with Crippen molar-refractivity contribution < 1.29 is 9.47 Å². The number of nitrogens with zero attached hydrogens (tertiary/aromatic N) is 1. The van der Waals surface area contributed by atoms with Crippen LogP contribution in [-0.4, -0.2) is 23.4 Å². The van der Waals surface area contributed by atoms with Crippen LogP contribution in [0.4, 0.5) is 0 Å². The maximum Gasteiger partial charge on any atom is 0.119 e. The SMILES string of the molecule is Cc1ccc(OCCCO[C@@H]2CCCc3cn[nH]c32)cc1C. The second kappa shape index (κ2) is 6.97. The number of fused-ring (bicyclic) bond motifs is 1. The first-order valence-electron chi connectivity index (χ1n) is 8.08. The van der Waals surface area contributed by atoms with Crippen LogP contribution in [0.25, 0.3) is 0 Å². The lowest BCUT2D eigenvalue weighted by Crippen LogP contribution is -2.14. The minimum Gasteiger partial charge on any atom is -0.493 e. The van der Waals surface area contributed by atoms with E-state index in [0.717, 1.165) is 25.0 Å². The number of hydrogen-bond acceptors (Lipinski definition) is 3. The van der Waals surface area contributed by atoms with Crippen LogP contribution < -0.4 is 4.74 Å². The van der Waals surface area contributed by atoms with Gasteiger partial charge in [0.25, 0.3) is 0 Å². The third-order valence-corrected chi connectivity index (χ3v) is 4.34. The Morgan fingerprint density at radius 3 is 3.00 bits per heavy atom. The molecule has 22 heavy (non-hydrogen) atoms. The van der Waals surface area contributed by atoms with Gasteiger partial charge in [-0.1, -0.05) is 6.07 Å². The van der Waals surface area contributed by atoms with Crippen LogP contribution in [0.1, 0.15) is 47.8 Å². The van der Waals surface area contributed by atoms with Gasteiger partial charge in [-0.3, -0.25) is 5.10 Å². The first-order chi connectivity index (χ1) is 10.7. The van der Waals surface area contributed by atoms with Gasteiger partial charge in [0.05, 0.1) is 31.2 Å². The summed E-state index contributed by atoms with van der Waals surface area (Å²) in [5.74, 6) is 0.941. The van der Waals surface area contributed by atoms with Crippen LogP contribution in [0.2, 0.25) is 0 Å². The van der Waals surface area contributed by atoms with Crippen molar-refractivity contribution in [2.24, 2.45) is 0 Å². The predicted octanol–water partition coefficient (Wildman–Crippen LogP) is 3.89. The van der Waals surface area contributed by atoms with Gasteiger partial charge in [-0.2, -0.15) is 5.10 Å². The fourth-order valence-electron chi connectivity index (χ4n) is 2.87. The van der Waals surface area contributed by atoms with E-state index in [4.69, 9.17) is 9.47 Å². The summed E-state index contributed by atoms with van der Waals surface area (Å²) in [6.45, 7) is 5.62. The molecule has 1 atom stereocenters. The highest BCUT2D eigenvalue weighted by Gasteiger charge is 2.22. The van der Waals surface area contributed by atoms with Crippen molar-refractivity contribution in [3.8, 4) is 5.75 Å². The Labute approximate surface area is 131 Å². The zero-order chi connectivity index (χ0) is 15.4. The number of aryl methyl sites for hydroxylation is 3. The molecule has 0 aliphatic heterocycles. The maximum absolute atomic E-state index is 6.00. The highest BCUT2D eigenvalue weighted by atomic mass is 16.5. The summed E-state index contributed by atoms with van der Waals surface area (Å²) >= 11 is 0. The maximum atomic E-state index is 6.00. The van der Waals surface area contributed by atoms with E-state index in [2.05, 4.69) is 36.2 Å². The monoisotopic (exact) mass is 300 g/mol. The van der Waals surface area contributed by atoms with E-state index in [9.17, 15) is 0 Å². The zero-order valence-electron chi connectivity index (χ0n) is 13.4. The Balaban J connectivity index is 1.40. The number of nitrogens with one attached hydrogen (secondary N) is 1. The average Bonchev–Trinajstić information content (AvgIpc) is 3.00. The van der Waals surface area contributed by atoms with Gasteiger partial charge in [0.15, 0.2) is 0 Å². The van der Waals surface area contributed by atoms with E-state index in [1.165, 1.54) is 28.8 Å². The first-order valence-corrected chi connectivity index (χ1v) is 8.08. The molecule has 118 valence electrons. The molecule has 2 aromatic rings. The highest BCUT2D eigenvalue weighted by Crippen LogP contribution is 2.30. The fourth-order valence-corrected chi connectivity index (χ4v) is 2.87. The molecule has 0 amide bonds. The van der Waals surface area contributed by atoms with Gasteiger partial charge in [-0.05, 0) is 61.9 Å². The number of benzene rings is 1. The molecule has 3 rings (SSSR count). The molecule has 4 nitrogen and oxygen atoms in total.